The molecule has 104 valence electrons. The lowest BCUT2D eigenvalue weighted by Crippen LogP contribution is -2.23. The van der Waals surface area contributed by atoms with Crippen LogP contribution in [0.4, 0.5) is 0 Å². The van der Waals surface area contributed by atoms with Gasteiger partial charge in [0.25, 0.3) is 0 Å². The van der Waals surface area contributed by atoms with Crippen LogP contribution in [0.3, 0.4) is 0 Å². The summed E-state index contributed by atoms with van der Waals surface area (Å²) < 4.78 is 5.58. The minimum atomic E-state index is -0.832. The number of hydrogen-bond acceptors (Lipinski definition) is 2. The zero-order valence-corrected chi connectivity index (χ0v) is 11.5. The molecule has 0 fully saturated rings. The average Bonchev–Trinajstić information content (AvgIpc) is 2.46. The molecular weight excluding hydrogens is 252 g/mol. The van der Waals surface area contributed by atoms with E-state index in [0.29, 0.717) is 12.2 Å². The van der Waals surface area contributed by atoms with Crippen LogP contribution in [0.1, 0.15) is 11.1 Å². The standard InChI is InChI=1S/C17H18O3/c1-13-7-9-16(10-8-13)20-12-15(17(18)19)11-14-5-3-2-4-6-14/h2-10,15H,11-12H2,1H3,(H,18,19). The van der Waals surface area contributed by atoms with E-state index in [1.165, 1.54) is 0 Å². The van der Waals surface area contributed by atoms with Gasteiger partial charge in [0.05, 0.1) is 5.92 Å². The summed E-state index contributed by atoms with van der Waals surface area (Å²) in [4.78, 5) is 11.3. The average molecular weight is 270 g/mol. The molecule has 0 radical (unpaired) electrons. The summed E-state index contributed by atoms with van der Waals surface area (Å²) in [5.41, 5.74) is 2.16. The number of aliphatic carboxylic acids is 1. The molecule has 3 heteroatoms. The summed E-state index contributed by atoms with van der Waals surface area (Å²) in [6, 6.07) is 17.2. The zero-order chi connectivity index (χ0) is 14.4. The molecule has 0 saturated carbocycles. The van der Waals surface area contributed by atoms with Crippen molar-refractivity contribution >= 4 is 5.97 Å². The Kier molecular flexibility index (Phi) is 4.77. The maximum atomic E-state index is 11.3. The molecule has 2 aromatic rings. The van der Waals surface area contributed by atoms with Crippen LogP contribution in [0.15, 0.2) is 54.6 Å². The Labute approximate surface area is 118 Å². The summed E-state index contributed by atoms with van der Waals surface area (Å²) in [5, 5.41) is 9.28. The first-order valence-electron chi connectivity index (χ1n) is 6.61. The Hall–Kier alpha value is -2.29. The van der Waals surface area contributed by atoms with Gasteiger partial charge in [0.15, 0.2) is 0 Å². The van der Waals surface area contributed by atoms with E-state index in [9.17, 15) is 9.90 Å². The van der Waals surface area contributed by atoms with Gasteiger partial charge >= 0.3 is 5.97 Å². The third-order valence-electron chi connectivity index (χ3n) is 3.15. The van der Waals surface area contributed by atoms with E-state index in [-0.39, 0.29) is 6.61 Å². The van der Waals surface area contributed by atoms with Crippen LogP contribution in [0.2, 0.25) is 0 Å². The molecule has 0 aromatic heterocycles. The lowest BCUT2D eigenvalue weighted by atomic mass is 10.0. The number of aryl methyl sites for hydroxylation is 1. The van der Waals surface area contributed by atoms with Gasteiger partial charge in [-0.15, -0.1) is 0 Å². The third kappa shape index (κ3) is 4.12. The molecule has 0 aliphatic carbocycles. The Morgan fingerprint density at radius 3 is 2.35 bits per heavy atom. The third-order valence-corrected chi connectivity index (χ3v) is 3.15. The van der Waals surface area contributed by atoms with Crippen LogP contribution in [0, 0.1) is 12.8 Å². The van der Waals surface area contributed by atoms with E-state index >= 15 is 0 Å². The van der Waals surface area contributed by atoms with Crippen LogP contribution >= 0.6 is 0 Å². The lowest BCUT2D eigenvalue weighted by molar-refractivity contribution is -0.142. The second-order valence-electron chi connectivity index (χ2n) is 4.85. The van der Waals surface area contributed by atoms with Crippen LogP contribution in [0.25, 0.3) is 0 Å². The predicted molar refractivity (Wildman–Crippen MR) is 77.9 cm³/mol. The molecule has 1 unspecified atom stereocenters. The van der Waals surface area contributed by atoms with E-state index in [2.05, 4.69) is 0 Å². The zero-order valence-electron chi connectivity index (χ0n) is 11.5. The van der Waals surface area contributed by atoms with Gasteiger partial charge < -0.3 is 9.84 Å². The Morgan fingerprint density at radius 2 is 1.75 bits per heavy atom. The van der Waals surface area contributed by atoms with Crippen LogP contribution < -0.4 is 4.74 Å². The molecule has 0 bridgehead atoms. The van der Waals surface area contributed by atoms with E-state index < -0.39 is 11.9 Å². The van der Waals surface area contributed by atoms with E-state index in [1.54, 1.807) is 0 Å². The first-order chi connectivity index (χ1) is 9.65. The van der Waals surface area contributed by atoms with E-state index in [1.807, 2.05) is 61.5 Å². The van der Waals surface area contributed by atoms with Gasteiger partial charge in [-0.3, -0.25) is 4.79 Å². The van der Waals surface area contributed by atoms with Crippen molar-refractivity contribution in [1.29, 1.82) is 0 Å². The van der Waals surface area contributed by atoms with Crippen molar-refractivity contribution in [2.75, 3.05) is 6.61 Å². The molecule has 1 N–H and O–H groups in total. The summed E-state index contributed by atoms with van der Waals surface area (Å²) in [5.74, 6) is -0.672. The van der Waals surface area contributed by atoms with Gasteiger partial charge in [-0.1, -0.05) is 48.0 Å². The number of carboxylic acid groups (broad SMARTS) is 1. The van der Waals surface area contributed by atoms with Gasteiger partial charge in [0, 0.05) is 0 Å². The number of carboxylic acids is 1. The first-order valence-corrected chi connectivity index (χ1v) is 6.61. The molecule has 0 spiro atoms. The topological polar surface area (TPSA) is 46.5 Å². The van der Waals surface area contributed by atoms with Crippen LogP contribution in [-0.2, 0) is 11.2 Å². The lowest BCUT2D eigenvalue weighted by Gasteiger charge is -2.14. The SMILES string of the molecule is Cc1ccc(OCC(Cc2ccccc2)C(=O)O)cc1. The van der Waals surface area contributed by atoms with Crippen molar-refractivity contribution in [3.8, 4) is 5.75 Å². The number of hydrogen-bond donors (Lipinski definition) is 1. The van der Waals surface area contributed by atoms with Gasteiger partial charge in [0.1, 0.15) is 12.4 Å². The highest BCUT2D eigenvalue weighted by atomic mass is 16.5. The highest BCUT2D eigenvalue weighted by Gasteiger charge is 2.18. The molecule has 2 rings (SSSR count). The van der Waals surface area contributed by atoms with Crippen molar-refractivity contribution in [3.63, 3.8) is 0 Å². The van der Waals surface area contributed by atoms with E-state index in [0.717, 1.165) is 11.1 Å². The van der Waals surface area contributed by atoms with Gasteiger partial charge in [-0.2, -0.15) is 0 Å². The van der Waals surface area contributed by atoms with Crippen molar-refractivity contribution in [3.05, 3.63) is 65.7 Å². The molecular formula is C17H18O3. The molecule has 0 aliphatic heterocycles. The number of ether oxygens (including phenoxy) is 1. The largest absolute Gasteiger partial charge is 0.493 e. The molecule has 1 atom stereocenters. The summed E-state index contributed by atoms with van der Waals surface area (Å²) in [7, 11) is 0. The normalized spacial score (nSPS) is 11.8. The molecule has 2 aromatic carbocycles. The highest BCUT2D eigenvalue weighted by molar-refractivity contribution is 5.70. The second kappa shape index (κ2) is 6.75. The quantitative estimate of drug-likeness (QED) is 0.876. The highest BCUT2D eigenvalue weighted by Crippen LogP contribution is 2.15. The summed E-state index contributed by atoms with van der Waals surface area (Å²) in [6.45, 7) is 2.17. The molecule has 0 heterocycles. The van der Waals surface area contributed by atoms with Crippen molar-refractivity contribution in [1.82, 2.24) is 0 Å². The minimum Gasteiger partial charge on any atom is -0.493 e. The number of benzene rings is 2. The molecule has 0 saturated heterocycles. The van der Waals surface area contributed by atoms with Gasteiger partial charge in [-0.25, -0.2) is 0 Å². The second-order valence-corrected chi connectivity index (χ2v) is 4.85. The maximum Gasteiger partial charge on any atom is 0.310 e. The van der Waals surface area contributed by atoms with E-state index in [4.69, 9.17) is 4.74 Å². The van der Waals surface area contributed by atoms with Gasteiger partial charge in [0.2, 0.25) is 0 Å². The fraction of sp³-hybridized carbons (Fsp3) is 0.235. The smallest absolute Gasteiger partial charge is 0.310 e. The number of rotatable bonds is 6. The molecule has 0 amide bonds. The van der Waals surface area contributed by atoms with Gasteiger partial charge in [-0.05, 0) is 31.0 Å². The predicted octanol–water partition coefficient (Wildman–Crippen LogP) is 3.32. The maximum absolute atomic E-state index is 11.3. The molecule has 20 heavy (non-hydrogen) atoms. The number of carbonyl (C=O) groups is 1. The Morgan fingerprint density at radius 1 is 1.10 bits per heavy atom. The van der Waals surface area contributed by atoms with Crippen molar-refractivity contribution in [2.45, 2.75) is 13.3 Å². The Balaban J connectivity index is 1.96. The summed E-state index contributed by atoms with van der Waals surface area (Å²) >= 11 is 0. The monoisotopic (exact) mass is 270 g/mol. The van der Waals surface area contributed by atoms with Crippen LogP contribution in [0.5, 0.6) is 5.75 Å². The molecule has 0 aliphatic rings. The fourth-order valence-corrected chi connectivity index (χ4v) is 1.95. The fourth-order valence-electron chi connectivity index (χ4n) is 1.95. The molecule has 3 nitrogen and oxygen atoms in total. The first kappa shape index (κ1) is 14.1. The minimum absolute atomic E-state index is 0.174. The van der Waals surface area contributed by atoms with Crippen molar-refractivity contribution in [2.24, 2.45) is 5.92 Å². The van der Waals surface area contributed by atoms with Crippen molar-refractivity contribution < 1.29 is 14.6 Å². The Bertz CT molecular complexity index is 546. The van der Waals surface area contributed by atoms with Crippen LogP contribution in [-0.4, -0.2) is 17.7 Å². The summed E-state index contributed by atoms with van der Waals surface area (Å²) in [6.07, 6.45) is 0.474.